The van der Waals surface area contributed by atoms with Crippen LogP contribution in [0.25, 0.3) is 0 Å². The summed E-state index contributed by atoms with van der Waals surface area (Å²) in [7, 11) is 0. The molecule has 1 aromatic heterocycles. The van der Waals surface area contributed by atoms with E-state index in [1.807, 2.05) is 15.9 Å². The highest BCUT2D eigenvalue weighted by Crippen LogP contribution is 2.40. The lowest BCUT2D eigenvalue weighted by Crippen LogP contribution is -2.40. The molecule has 1 unspecified atom stereocenters. The Hall–Kier alpha value is -4.14. The van der Waals surface area contributed by atoms with Crippen molar-refractivity contribution in [2.75, 3.05) is 49.5 Å². The maximum Gasteiger partial charge on any atom is 0.277 e. The Labute approximate surface area is 271 Å². The molecule has 1 aliphatic carbocycles. The number of fused-ring (bicyclic) bond motifs is 1. The summed E-state index contributed by atoms with van der Waals surface area (Å²) in [5, 5.41) is 3.13. The van der Waals surface area contributed by atoms with Gasteiger partial charge in [-0.15, -0.1) is 0 Å². The van der Waals surface area contributed by atoms with Gasteiger partial charge < -0.3 is 24.4 Å². The molecule has 1 saturated carbocycles. The molecule has 9 nitrogen and oxygen atoms in total. The monoisotopic (exact) mass is 623 g/mol. The van der Waals surface area contributed by atoms with Crippen molar-refractivity contribution in [3.05, 3.63) is 76.5 Å². The van der Waals surface area contributed by atoms with Crippen molar-refractivity contribution < 1.29 is 18.8 Å². The van der Waals surface area contributed by atoms with Crippen LogP contribution in [0.2, 0.25) is 0 Å². The van der Waals surface area contributed by atoms with Gasteiger partial charge in [-0.05, 0) is 99.5 Å². The summed E-state index contributed by atoms with van der Waals surface area (Å²) in [6.45, 7) is 6.77. The first-order valence-corrected chi connectivity index (χ1v) is 17.2. The van der Waals surface area contributed by atoms with Crippen molar-refractivity contribution in [3.63, 3.8) is 0 Å². The van der Waals surface area contributed by atoms with Crippen LogP contribution in [0.4, 0.5) is 11.4 Å². The van der Waals surface area contributed by atoms with Gasteiger partial charge in [-0.3, -0.25) is 14.4 Å². The van der Waals surface area contributed by atoms with Gasteiger partial charge in [0.15, 0.2) is 11.6 Å². The molecule has 3 aliphatic heterocycles. The van der Waals surface area contributed by atoms with Gasteiger partial charge in [-0.1, -0.05) is 24.3 Å². The zero-order valence-electron chi connectivity index (χ0n) is 26.9. The molecule has 1 atom stereocenters. The first-order chi connectivity index (χ1) is 22.4. The second-order valence-corrected chi connectivity index (χ2v) is 13.6. The van der Waals surface area contributed by atoms with E-state index < -0.39 is 0 Å². The molecule has 46 heavy (non-hydrogen) atoms. The maximum atomic E-state index is 13.8. The van der Waals surface area contributed by atoms with Crippen molar-refractivity contribution in [1.29, 1.82) is 0 Å². The van der Waals surface area contributed by atoms with Crippen LogP contribution in [-0.4, -0.2) is 71.8 Å². The van der Waals surface area contributed by atoms with E-state index in [1.54, 1.807) is 0 Å². The van der Waals surface area contributed by atoms with Gasteiger partial charge in [0, 0.05) is 57.2 Å². The number of carbonyl (C=O) groups excluding carboxylic acids is 3. The fourth-order valence-corrected chi connectivity index (χ4v) is 7.39. The fourth-order valence-electron chi connectivity index (χ4n) is 7.39. The number of likely N-dealkylation sites (tertiary alicyclic amines) is 1. The van der Waals surface area contributed by atoms with Gasteiger partial charge >= 0.3 is 0 Å². The van der Waals surface area contributed by atoms with Crippen molar-refractivity contribution in [2.24, 2.45) is 5.92 Å². The highest BCUT2D eigenvalue weighted by molar-refractivity contribution is 6.06. The number of aromatic nitrogens is 1. The Morgan fingerprint density at radius 3 is 2.61 bits per heavy atom. The number of nitrogens with zero attached hydrogens (tertiary/aromatic N) is 4. The summed E-state index contributed by atoms with van der Waals surface area (Å²) < 4.78 is 5.61. The van der Waals surface area contributed by atoms with Gasteiger partial charge in [0.05, 0.1) is 11.4 Å². The first-order valence-electron chi connectivity index (χ1n) is 17.2. The van der Waals surface area contributed by atoms with Gasteiger partial charge in [-0.25, -0.2) is 4.98 Å². The molecule has 3 amide bonds. The Morgan fingerprint density at radius 1 is 0.957 bits per heavy atom. The minimum Gasteiger partial charge on any atom is -0.448 e. The van der Waals surface area contributed by atoms with Crippen molar-refractivity contribution in [2.45, 2.75) is 77.0 Å². The molecule has 3 fully saturated rings. The van der Waals surface area contributed by atoms with Gasteiger partial charge in [0.1, 0.15) is 6.26 Å². The quantitative estimate of drug-likeness (QED) is 0.299. The van der Waals surface area contributed by atoms with E-state index in [4.69, 9.17) is 4.42 Å². The number of aryl methyl sites for hydroxylation is 1. The van der Waals surface area contributed by atoms with Crippen LogP contribution in [0, 0.1) is 12.8 Å². The minimum absolute atomic E-state index is 0.0114. The normalized spacial score (nSPS) is 20.2. The Kier molecular flexibility index (Phi) is 8.82. The van der Waals surface area contributed by atoms with Crippen LogP contribution in [-0.2, 0) is 17.6 Å². The lowest BCUT2D eigenvalue weighted by atomic mass is 9.91. The average molecular weight is 624 g/mol. The van der Waals surface area contributed by atoms with Crippen LogP contribution in [0.15, 0.2) is 47.1 Å². The third kappa shape index (κ3) is 6.69. The maximum absolute atomic E-state index is 13.8. The molecule has 2 aromatic carbocycles. The third-order valence-corrected chi connectivity index (χ3v) is 10.3. The SMILES string of the molecule is Cc1ccccc1CC1CCCN(c2cc3c(cc2NC(=O)c2coc(C4CC4)n2)C(=O)N(CCCN2CCCC2=O)CC3)CC1. The minimum atomic E-state index is -0.320. The molecular weight excluding hydrogens is 578 g/mol. The number of nitrogens with one attached hydrogen (secondary N) is 1. The van der Waals surface area contributed by atoms with E-state index in [9.17, 15) is 14.4 Å². The van der Waals surface area contributed by atoms with Crippen molar-refractivity contribution >= 4 is 29.1 Å². The number of hydrogen-bond acceptors (Lipinski definition) is 6. The van der Waals surface area contributed by atoms with Crippen LogP contribution < -0.4 is 10.2 Å². The number of carbonyl (C=O) groups is 3. The van der Waals surface area contributed by atoms with E-state index in [2.05, 4.69) is 52.5 Å². The third-order valence-electron chi connectivity index (χ3n) is 10.3. The molecule has 4 aliphatic rings. The molecule has 4 heterocycles. The molecular formula is C37H45N5O4. The smallest absolute Gasteiger partial charge is 0.277 e. The van der Waals surface area contributed by atoms with E-state index in [1.165, 1.54) is 17.4 Å². The summed E-state index contributed by atoms with van der Waals surface area (Å²) in [5.74, 6) is 1.43. The molecule has 242 valence electrons. The molecule has 0 radical (unpaired) electrons. The second-order valence-electron chi connectivity index (χ2n) is 13.6. The second kappa shape index (κ2) is 13.3. The molecule has 1 N–H and O–H groups in total. The van der Waals surface area contributed by atoms with E-state index in [0.29, 0.717) is 55.0 Å². The van der Waals surface area contributed by atoms with Gasteiger partial charge in [0.25, 0.3) is 11.8 Å². The summed E-state index contributed by atoms with van der Waals surface area (Å²) in [6.07, 6.45) is 11.0. The van der Waals surface area contributed by atoms with Crippen LogP contribution in [0.3, 0.4) is 0 Å². The predicted octanol–water partition coefficient (Wildman–Crippen LogP) is 5.97. The lowest BCUT2D eigenvalue weighted by molar-refractivity contribution is -0.127. The number of anilines is 2. The number of benzene rings is 2. The van der Waals surface area contributed by atoms with Crippen molar-refractivity contribution in [1.82, 2.24) is 14.8 Å². The van der Waals surface area contributed by atoms with Gasteiger partial charge in [-0.2, -0.15) is 0 Å². The molecule has 0 bridgehead atoms. The summed E-state index contributed by atoms with van der Waals surface area (Å²) >= 11 is 0. The molecule has 3 aromatic rings. The van der Waals surface area contributed by atoms with Crippen LogP contribution in [0.5, 0.6) is 0 Å². The summed E-state index contributed by atoms with van der Waals surface area (Å²) in [4.78, 5) is 50.0. The molecule has 2 saturated heterocycles. The van der Waals surface area contributed by atoms with Crippen LogP contribution >= 0.6 is 0 Å². The Balaban J connectivity index is 1.10. The van der Waals surface area contributed by atoms with E-state index in [-0.39, 0.29) is 23.4 Å². The van der Waals surface area contributed by atoms with E-state index in [0.717, 1.165) is 88.7 Å². The zero-order chi connectivity index (χ0) is 31.6. The summed E-state index contributed by atoms with van der Waals surface area (Å²) in [5.41, 5.74) is 6.35. The predicted molar refractivity (Wildman–Crippen MR) is 177 cm³/mol. The van der Waals surface area contributed by atoms with Crippen molar-refractivity contribution in [3.8, 4) is 0 Å². The first kappa shape index (κ1) is 30.5. The molecule has 7 rings (SSSR count). The molecule has 0 spiro atoms. The number of rotatable bonds is 10. The average Bonchev–Trinajstić information content (AvgIpc) is 3.71. The molecule has 9 heteroatoms. The number of oxazole rings is 1. The largest absolute Gasteiger partial charge is 0.448 e. The topological polar surface area (TPSA) is 99.0 Å². The van der Waals surface area contributed by atoms with Crippen LogP contribution in [0.1, 0.15) is 101 Å². The number of amides is 3. The van der Waals surface area contributed by atoms with Gasteiger partial charge in [0.2, 0.25) is 5.91 Å². The highest BCUT2D eigenvalue weighted by atomic mass is 16.3. The Bertz CT molecular complexity index is 1610. The fraction of sp³-hybridized carbons (Fsp3) is 0.514. The zero-order valence-corrected chi connectivity index (χ0v) is 26.9. The highest BCUT2D eigenvalue weighted by Gasteiger charge is 2.31. The number of hydrogen-bond donors (Lipinski definition) is 1. The Morgan fingerprint density at radius 2 is 1.80 bits per heavy atom. The van der Waals surface area contributed by atoms with E-state index >= 15 is 0 Å². The standard InChI is InChI=1S/C37H45N5O4/c1-25-7-2-3-9-28(25)21-26-8-4-15-40(19-13-26)33-22-29-14-20-42(18-6-17-41-16-5-10-34(41)43)37(45)30(29)23-31(33)38-35(44)32-24-46-36(39-32)27-11-12-27/h2-3,7,9,22-24,26-27H,4-6,8,10-21H2,1H3,(H,38,44). The summed E-state index contributed by atoms with van der Waals surface area (Å²) in [6, 6.07) is 12.7. The lowest BCUT2D eigenvalue weighted by Gasteiger charge is -2.32.